The molecule has 1 N–H and O–H groups in total. The summed E-state index contributed by atoms with van der Waals surface area (Å²) >= 11 is 0. The highest BCUT2D eigenvalue weighted by atomic mass is 16.5. The zero-order valence-electron chi connectivity index (χ0n) is 17.8. The molecule has 1 fully saturated rings. The number of nitriles is 1. The summed E-state index contributed by atoms with van der Waals surface area (Å²) in [6.45, 7) is 4.46. The Kier molecular flexibility index (Phi) is 5.07. The van der Waals surface area contributed by atoms with Gasteiger partial charge in [-0.1, -0.05) is 5.16 Å². The highest BCUT2D eigenvalue weighted by Crippen LogP contribution is 2.34. The lowest BCUT2D eigenvalue weighted by molar-refractivity contribution is -0.115. The van der Waals surface area contributed by atoms with Crippen LogP contribution >= 0.6 is 0 Å². The first-order valence-electron chi connectivity index (χ1n) is 10.6. The van der Waals surface area contributed by atoms with Crippen molar-refractivity contribution in [2.75, 3.05) is 11.9 Å². The summed E-state index contributed by atoms with van der Waals surface area (Å²) in [4.78, 5) is 22.2. The Morgan fingerprint density at radius 1 is 1.38 bits per heavy atom. The van der Waals surface area contributed by atoms with Crippen LogP contribution in [0.2, 0.25) is 0 Å². The molecule has 5 rings (SSSR count). The molecule has 0 bridgehead atoms. The number of rotatable bonds is 4. The van der Waals surface area contributed by atoms with E-state index in [1.807, 2.05) is 12.1 Å². The molecule has 4 aromatic rings. The molecule has 1 aliphatic rings. The second-order valence-electron chi connectivity index (χ2n) is 8.13. The average molecular weight is 430 g/mol. The average Bonchev–Trinajstić information content (AvgIpc) is 3.36. The monoisotopic (exact) mass is 430 g/mol. The second-order valence-corrected chi connectivity index (χ2v) is 8.13. The number of nitrogens with zero attached hydrogens (tertiary/aromatic N) is 5. The molecule has 9 heteroatoms. The van der Waals surface area contributed by atoms with E-state index in [1.54, 1.807) is 19.2 Å². The smallest absolute Gasteiger partial charge is 0.232 e. The number of pyridine rings is 1. The molecule has 0 saturated carbocycles. The molecule has 0 radical (unpaired) electrons. The molecule has 0 aliphatic carbocycles. The highest BCUT2D eigenvalue weighted by molar-refractivity contribution is 6.03. The van der Waals surface area contributed by atoms with Crippen molar-refractivity contribution >= 4 is 33.5 Å². The molecule has 1 aromatic carbocycles. The van der Waals surface area contributed by atoms with Crippen LogP contribution in [0.3, 0.4) is 0 Å². The quantitative estimate of drug-likeness (QED) is 0.524. The predicted molar refractivity (Wildman–Crippen MR) is 117 cm³/mol. The van der Waals surface area contributed by atoms with Crippen LogP contribution < -0.4 is 5.32 Å². The summed E-state index contributed by atoms with van der Waals surface area (Å²) in [5.41, 5.74) is 4.11. The van der Waals surface area contributed by atoms with Gasteiger partial charge in [0.25, 0.3) is 0 Å². The van der Waals surface area contributed by atoms with Gasteiger partial charge in [-0.25, -0.2) is 4.98 Å². The van der Waals surface area contributed by atoms with Crippen molar-refractivity contribution in [2.24, 2.45) is 0 Å². The fraction of sp³-hybridized carbons (Fsp3) is 0.348. The van der Waals surface area contributed by atoms with E-state index in [2.05, 4.69) is 33.0 Å². The Morgan fingerprint density at radius 3 is 3.00 bits per heavy atom. The van der Waals surface area contributed by atoms with Crippen LogP contribution in [0.25, 0.3) is 21.9 Å². The Morgan fingerprint density at radius 2 is 2.25 bits per heavy atom. The lowest BCUT2D eigenvalue weighted by atomic mass is 10.0. The number of ether oxygens (including phenoxy) is 1. The van der Waals surface area contributed by atoms with Gasteiger partial charge < -0.3 is 19.1 Å². The fourth-order valence-electron chi connectivity index (χ4n) is 4.37. The van der Waals surface area contributed by atoms with Gasteiger partial charge in [0.1, 0.15) is 29.0 Å². The van der Waals surface area contributed by atoms with Crippen LogP contribution in [0.1, 0.15) is 42.9 Å². The van der Waals surface area contributed by atoms with Gasteiger partial charge in [-0.05, 0) is 44.9 Å². The van der Waals surface area contributed by atoms with Gasteiger partial charge in [0, 0.05) is 18.0 Å². The van der Waals surface area contributed by atoms with E-state index < -0.39 is 0 Å². The minimum absolute atomic E-state index is 0.0878. The standard InChI is InChI=1S/C23H22N6O3/c1-13-7-16(5-6-31-13)29-21(9-22(30)27-20-12-32-28-14(20)2)26-19-11-25-18-4-3-15(10-24)8-17(18)23(19)29/h3-4,8,11-13,16H,5-7,9H2,1-2H3,(H,27,30)/t13-,16-/m1/s1. The van der Waals surface area contributed by atoms with E-state index in [-0.39, 0.29) is 24.5 Å². The number of anilines is 1. The molecule has 1 aliphatic heterocycles. The third kappa shape index (κ3) is 3.59. The molecule has 9 nitrogen and oxygen atoms in total. The van der Waals surface area contributed by atoms with Crippen molar-refractivity contribution in [3.63, 3.8) is 0 Å². The number of benzene rings is 1. The summed E-state index contributed by atoms with van der Waals surface area (Å²) in [6, 6.07) is 7.77. The largest absolute Gasteiger partial charge is 0.378 e. The SMILES string of the molecule is Cc1nocc1NC(=O)Cc1nc2cnc3ccc(C#N)cc3c2n1[C@@H]1CCO[C@H](C)C1. The number of aromatic nitrogens is 4. The first-order valence-corrected chi connectivity index (χ1v) is 10.6. The number of carbonyl (C=O) groups is 1. The lowest BCUT2D eigenvalue weighted by Crippen LogP contribution is -2.27. The number of fused-ring (bicyclic) bond motifs is 3. The van der Waals surface area contributed by atoms with E-state index in [0.29, 0.717) is 34.9 Å². The summed E-state index contributed by atoms with van der Waals surface area (Å²) in [5, 5.41) is 16.9. The van der Waals surface area contributed by atoms with E-state index in [4.69, 9.17) is 14.2 Å². The molecule has 1 saturated heterocycles. The third-order valence-corrected chi connectivity index (χ3v) is 5.88. The summed E-state index contributed by atoms with van der Waals surface area (Å²) in [7, 11) is 0. The summed E-state index contributed by atoms with van der Waals surface area (Å²) in [5.74, 6) is 0.449. The normalized spacial score (nSPS) is 18.7. The molecule has 2 atom stereocenters. The minimum atomic E-state index is -0.206. The van der Waals surface area contributed by atoms with Crippen LogP contribution in [0.4, 0.5) is 5.69 Å². The van der Waals surface area contributed by atoms with Crippen molar-refractivity contribution in [3.05, 3.63) is 47.7 Å². The van der Waals surface area contributed by atoms with Gasteiger partial charge in [-0.15, -0.1) is 0 Å². The Bertz CT molecular complexity index is 1370. The maximum atomic E-state index is 12.9. The maximum Gasteiger partial charge on any atom is 0.232 e. The first-order chi connectivity index (χ1) is 15.5. The summed E-state index contributed by atoms with van der Waals surface area (Å²) < 4.78 is 12.8. The second kappa shape index (κ2) is 8.05. The van der Waals surface area contributed by atoms with E-state index in [1.165, 1.54) is 6.26 Å². The van der Waals surface area contributed by atoms with Crippen LogP contribution in [0.5, 0.6) is 0 Å². The molecule has 1 amide bonds. The zero-order valence-corrected chi connectivity index (χ0v) is 17.8. The number of hydrogen-bond acceptors (Lipinski definition) is 7. The van der Waals surface area contributed by atoms with Crippen molar-refractivity contribution in [1.82, 2.24) is 19.7 Å². The predicted octanol–water partition coefficient (Wildman–Crippen LogP) is 3.67. The van der Waals surface area contributed by atoms with Crippen molar-refractivity contribution < 1.29 is 14.1 Å². The number of carbonyl (C=O) groups excluding carboxylic acids is 1. The van der Waals surface area contributed by atoms with Gasteiger partial charge in [-0.2, -0.15) is 5.26 Å². The number of amides is 1. The summed E-state index contributed by atoms with van der Waals surface area (Å²) in [6.07, 6.45) is 4.97. The number of aryl methyl sites for hydroxylation is 1. The number of nitrogens with one attached hydrogen (secondary N) is 1. The minimum Gasteiger partial charge on any atom is -0.378 e. The Balaban J connectivity index is 1.63. The zero-order chi connectivity index (χ0) is 22.2. The van der Waals surface area contributed by atoms with Gasteiger partial charge in [0.15, 0.2) is 0 Å². The number of hydrogen-bond donors (Lipinski definition) is 1. The molecular formula is C23H22N6O3. The van der Waals surface area contributed by atoms with Crippen LogP contribution in [0.15, 0.2) is 35.2 Å². The van der Waals surface area contributed by atoms with E-state index >= 15 is 0 Å². The molecule has 32 heavy (non-hydrogen) atoms. The van der Waals surface area contributed by atoms with E-state index in [9.17, 15) is 10.1 Å². The van der Waals surface area contributed by atoms with Gasteiger partial charge in [-0.3, -0.25) is 9.78 Å². The van der Waals surface area contributed by atoms with Crippen molar-refractivity contribution in [3.8, 4) is 6.07 Å². The highest BCUT2D eigenvalue weighted by Gasteiger charge is 2.27. The first kappa shape index (κ1) is 20.2. The molecule has 3 aromatic heterocycles. The fourth-order valence-corrected chi connectivity index (χ4v) is 4.37. The van der Waals surface area contributed by atoms with Gasteiger partial charge >= 0.3 is 0 Å². The molecule has 0 spiro atoms. The van der Waals surface area contributed by atoms with E-state index in [0.717, 1.165) is 29.3 Å². The Labute approximate surface area is 184 Å². The molecule has 162 valence electrons. The van der Waals surface area contributed by atoms with Crippen molar-refractivity contribution in [1.29, 1.82) is 5.26 Å². The van der Waals surface area contributed by atoms with Gasteiger partial charge in [0.2, 0.25) is 5.91 Å². The third-order valence-electron chi connectivity index (χ3n) is 5.88. The van der Waals surface area contributed by atoms with Gasteiger partial charge in [0.05, 0.1) is 41.4 Å². The topological polar surface area (TPSA) is 119 Å². The lowest BCUT2D eigenvalue weighted by Gasteiger charge is -2.30. The molecule has 0 unspecified atom stereocenters. The van der Waals surface area contributed by atoms with Crippen LogP contribution in [-0.2, 0) is 16.0 Å². The van der Waals surface area contributed by atoms with Crippen LogP contribution in [-0.4, -0.2) is 38.3 Å². The van der Waals surface area contributed by atoms with Crippen LogP contribution in [0, 0.1) is 18.3 Å². The number of imidazole rings is 1. The molecule has 4 heterocycles. The Hall–Kier alpha value is -3.77. The van der Waals surface area contributed by atoms with Crippen molar-refractivity contribution in [2.45, 2.75) is 45.3 Å². The maximum absolute atomic E-state index is 12.9. The molecular weight excluding hydrogens is 408 g/mol.